The molecule has 0 radical (unpaired) electrons. The van der Waals surface area contributed by atoms with Gasteiger partial charge in [-0.2, -0.15) is 0 Å². The molecular formula is C19H24ClNO2. The lowest BCUT2D eigenvalue weighted by atomic mass is 10.1. The Morgan fingerprint density at radius 2 is 1.91 bits per heavy atom. The Bertz CT molecular complexity index is 616. The summed E-state index contributed by atoms with van der Waals surface area (Å²) in [6.07, 6.45) is 1.07. The molecule has 0 aliphatic rings. The van der Waals surface area contributed by atoms with Crippen LogP contribution in [-0.4, -0.2) is 13.2 Å². The van der Waals surface area contributed by atoms with E-state index < -0.39 is 0 Å². The van der Waals surface area contributed by atoms with E-state index in [1.807, 2.05) is 36.4 Å². The fraction of sp³-hybridized carbons (Fsp3) is 0.368. The van der Waals surface area contributed by atoms with Gasteiger partial charge in [-0.15, -0.1) is 0 Å². The molecular weight excluding hydrogens is 310 g/mol. The van der Waals surface area contributed by atoms with E-state index in [1.54, 1.807) is 13.2 Å². The number of methoxy groups -OCH3 is 1. The minimum absolute atomic E-state index is 0.432. The molecule has 0 heterocycles. The van der Waals surface area contributed by atoms with Crippen LogP contribution in [0.15, 0.2) is 42.5 Å². The van der Waals surface area contributed by atoms with Crippen molar-refractivity contribution < 1.29 is 9.47 Å². The topological polar surface area (TPSA) is 30.5 Å². The molecule has 0 saturated carbocycles. The van der Waals surface area contributed by atoms with Crippen molar-refractivity contribution in [3.8, 4) is 11.5 Å². The van der Waals surface area contributed by atoms with Crippen LogP contribution in [0.2, 0.25) is 5.02 Å². The fourth-order valence-electron chi connectivity index (χ4n) is 2.23. The van der Waals surface area contributed by atoms with Crippen LogP contribution < -0.4 is 14.8 Å². The van der Waals surface area contributed by atoms with E-state index in [0.717, 1.165) is 23.3 Å². The van der Waals surface area contributed by atoms with Crippen molar-refractivity contribution in [3.63, 3.8) is 0 Å². The Labute approximate surface area is 143 Å². The lowest BCUT2D eigenvalue weighted by Crippen LogP contribution is -2.24. The fourth-order valence-corrected chi connectivity index (χ4v) is 2.46. The Balaban J connectivity index is 2.20. The van der Waals surface area contributed by atoms with Gasteiger partial charge in [0.05, 0.1) is 7.11 Å². The second-order valence-corrected chi connectivity index (χ2v) is 6.00. The van der Waals surface area contributed by atoms with Gasteiger partial charge in [-0.05, 0) is 25.0 Å². The van der Waals surface area contributed by atoms with Crippen LogP contribution in [0.5, 0.6) is 11.5 Å². The van der Waals surface area contributed by atoms with Crippen molar-refractivity contribution in [2.45, 2.75) is 39.5 Å². The van der Waals surface area contributed by atoms with Crippen molar-refractivity contribution in [1.29, 1.82) is 0 Å². The molecule has 3 nitrogen and oxygen atoms in total. The van der Waals surface area contributed by atoms with Crippen molar-refractivity contribution in [2.75, 3.05) is 7.11 Å². The van der Waals surface area contributed by atoms with E-state index in [9.17, 15) is 0 Å². The average molecular weight is 334 g/mol. The highest BCUT2D eigenvalue weighted by molar-refractivity contribution is 6.30. The predicted molar refractivity (Wildman–Crippen MR) is 95.4 cm³/mol. The number of benzene rings is 2. The van der Waals surface area contributed by atoms with Crippen LogP contribution in [0.1, 0.15) is 31.4 Å². The summed E-state index contributed by atoms with van der Waals surface area (Å²) >= 11 is 6.20. The number of ether oxygens (including phenoxy) is 2. The van der Waals surface area contributed by atoms with Crippen molar-refractivity contribution in [3.05, 3.63) is 58.6 Å². The number of nitrogens with one attached hydrogen (secondary N) is 1. The van der Waals surface area contributed by atoms with Crippen molar-refractivity contribution in [2.24, 2.45) is 0 Å². The van der Waals surface area contributed by atoms with Crippen LogP contribution in [0.3, 0.4) is 0 Å². The molecule has 0 aliphatic heterocycles. The maximum atomic E-state index is 6.20. The Hall–Kier alpha value is -1.71. The van der Waals surface area contributed by atoms with Crippen LogP contribution in [0.4, 0.5) is 0 Å². The summed E-state index contributed by atoms with van der Waals surface area (Å²) in [5.41, 5.74) is 2.12. The number of halogens is 1. The molecule has 0 bridgehead atoms. The van der Waals surface area contributed by atoms with Crippen LogP contribution >= 0.6 is 11.6 Å². The minimum atomic E-state index is 0.432. The third-order valence-corrected chi connectivity index (χ3v) is 4.01. The van der Waals surface area contributed by atoms with Gasteiger partial charge in [0.1, 0.15) is 6.61 Å². The molecule has 1 N–H and O–H groups in total. The molecule has 23 heavy (non-hydrogen) atoms. The lowest BCUT2D eigenvalue weighted by molar-refractivity contribution is 0.280. The summed E-state index contributed by atoms with van der Waals surface area (Å²) in [5.74, 6) is 1.41. The van der Waals surface area contributed by atoms with Gasteiger partial charge in [0.15, 0.2) is 11.5 Å². The van der Waals surface area contributed by atoms with E-state index in [1.165, 1.54) is 0 Å². The summed E-state index contributed by atoms with van der Waals surface area (Å²) in [6.45, 7) is 5.50. The van der Waals surface area contributed by atoms with E-state index in [2.05, 4.69) is 19.2 Å². The summed E-state index contributed by atoms with van der Waals surface area (Å²) < 4.78 is 11.5. The van der Waals surface area contributed by atoms with Gasteiger partial charge >= 0.3 is 0 Å². The zero-order chi connectivity index (χ0) is 16.7. The zero-order valence-electron chi connectivity index (χ0n) is 13.9. The number of hydrogen-bond donors (Lipinski definition) is 1. The lowest BCUT2D eigenvalue weighted by Gasteiger charge is -2.18. The Morgan fingerprint density at radius 3 is 2.57 bits per heavy atom. The molecule has 0 spiro atoms. The van der Waals surface area contributed by atoms with Gasteiger partial charge in [-0.25, -0.2) is 0 Å². The SMILES string of the molecule is CC[C@H](C)NCc1cc(Cl)cc(OC)c1OCc1ccccc1. The summed E-state index contributed by atoms with van der Waals surface area (Å²) in [6, 6.07) is 14.2. The summed E-state index contributed by atoms with van der Waals surface area (Å²) in [7, 11) is 1.63. The molecule has 2 aromatic rings. The highest BCUT2D eigenvalue weighted by Crippen LogP contribution is 2.35. The molecule has 0 amide bonds. The minimum Gasteiger partial charge on any atom is -0.493 e. The monoisotopic (exact) mass is 333 g/mol. The van der Waals surface area contributed by atoms with Gasteiger partial charge in [-0.1, -0.05) is 48.9 Å². The predicted octanol–water partition coefficient (Wildman–Crippen LogP) is 4.82. The first-order valence-corrected chi connectivity index (χ1v) is 8.28. The molecule has 0 aromatic heterocycles. The second-order valence-electron chi connectivity index (χ2n) is 5.56. The van der Waals surface area contributed by atoms with Crippen LogP contribution in [-0.2, 0) is 13.2 Å². The average Bonchev–Trinajstić information content (AvgIpc) is 2.58. The molecule has 1 atom stereocenters. The molecule has 0 fully saturated rings. The molecule has 0 aliphatic carbocycles. The molecule has 2 rings (SSSR count). The first-order chi connectivity index (χ1) is 11.1. The highest BCUT2D eigenvalue weighted by Gasteiger charge is 2.14. The highest BCUT2D eigenvalue weighted by atomic mass is 35.5. The second kappa shape index (κ2) is 8.80. The quantitative estimate of drug-likeness (QED) is 0.751. The van der Waals surface area contributed by atoms with Crippen LogP contribution in [0, 0.1) is 0 Å². The van der Waals surface area contributed by atoms with Gasteiger partial charge < -0.3 is 14.8 Å². The molecule has 4 heteroatoms. The first-order valence-electron chi connectivity index (χ1n) is 7.90. The maximum Gasteiger partial charge on any atom is 0.166 e. The van der Waals surface area contributed by atoms with E-state index in [-0.39, 0.29) is 0 Å². The van der Waals surface area contributed by atoms with Gasteiger partial charge in [-0.3, -0.25) is 0 Å². The largest absolute Gasteiger partial charge is 0.493 e. The van der Waals surface area contributed by atoms with Crippen molar-refractivity contribution >= 4 is 11.6 Å². The van der Waals surface area contributed by atoms with Crippen LogP contribution in [0.25, 0.3) is 0 Å². The number of hydrogen-bond acceptors (Lipinski definition) is 3. The Morgan fingerprint density at radius 1 is 1.17 bits per heavy atom. The molecule has 0 saturated heterocycles. The molecule has 124 valence electrons. The van der Waals surface area contributed by atoms with Gasteiger partial charge in [0.2, 0.25) is 0 Å². The van der Waals surface area contributed by atoms with E-state index >= 15 is 0 Å². The van der Waals surface area contributed by atoms with E-state index in [0.29, 0.717) is 30.0 Å². The maximum absolute atomic E-state index is 6.20. The van der Waals surface area contributed by atoms with E-state index in [4.69, 9.17) is 21.1 Å². The Kier molecular flexibility index (Phi) is 6.75. The molecule has 0 unspecified atom stereocenters. The normalized spacial score (nSPS) is 12.0. The third-order valence-electron chi connectivity index (χ3n) is 3.80. The summed E-state index contributed by atoms with van der Waals surface area (Å²) in [4.78, 5) is 0. The first kappa shape index (κ1) is 17.6. The third kappa shape index (κ3) is 5.15. The van der Waals surface area contributed by atoms with Gasteiger partial charge in [0, 0.05) is 29.2 Å². The molecule has 2 aromatic carbocycles. The van der Waals surface area contributed by atoms with Crippen molar-refractivity contribution in [1.82, 2.24) is 5.32 Å². The summed E-state index contributed by atoms with van der Waals surface area (Å²) in [5, 5.41) is 4.12. The smallest absolute Gasteiger partial charge is 0.166 e. The van der Waals surface area contributed by atoms with Gasteiger partial charge in [0.25, 0.3) is 0 Å². The standard InChI is InChI=1S/C19H24ClNO2/c1-4-14(2)21-12-16-10-17(20)11-18(22-3)19(16)23-13-15-8-6-5-7-9-15/h5-11,14,21H,4,12-13H2,1-3H3/t14-/m0/s1. The zero-order valence-corrected chi connectivity index (χ0v) is 14.7. The number of rotatable bonds is 8.